The van der Waals surface area contributed by atoms with Gasteiger partial charge >= 0.3 is 0 Å². The van der Waals surface area contributed by atoms with Crippen LogP contribution < -0.4 is 11.1 Å². The first-order valence-corrected chi connectivity index (χ1v) is 4.78. The molecule has 70 valence electrons. The Kier molecular flexibility index (Phi) is 3.71. The van der Waals surface area contributed by atoms with Crippen molar-refractivity contribution >= 4 is 22.9 Å². The van der Waals surface area contributed by atoms with Crippen molar-refractivity contribution in [2.75, 3.05) is 11.9 Å². The molecule has 0 saturated carbocycles. The molecule has 0 aliphatic rings. The van der Waals surface area contributed by atoms with E-state index < -0.39 is 0 Å². The molecule has 0 saturated heterocycles. The number of anilines is 1. The van der Waals surface area contributed by atoms with E-state index in [0.29, 0.717) is 4.99 Å². The molecule has 0 amide bonds. The first-order valence-electron chi connectivity index (χ1n) is 4.37. The van der Waals surface area contributed by atoms with Crippen LogP contribution in [0, 0.1) is 0 Å². The minimum absolute atomic E-state index is 0.446. The fourth-order valence-corrected chi connectivity index (χ4v) is 1.16. The van der Waals surface area contributed by atoms with Crippen LogP contribution in [-0.2, 0) is 0 Å². The molecule has 0 heterocycles. The van der Waals surface area contributed by atoms with Crippen molar-refractivity contribution in [3.05, 3.63) is 29.8 Å². The fourth-order valence-electron chi connectivity index (χ4n) is 1.02. The SMILES string of the molecule is CCCNc1ccc(C(N)=S)cc1. The Morgan fingerprint density at radius 1 is 1.38 bits per heavy atom. The van der Waals surface area contributed by atoms with Gasteiger partial charge in [-0.2, -0.15) is 0 Å². The number of rotatable bonds is 4. The van der Waals surface area contributed by atoms with Gasteiger partial charge in [-0.15, -0.1) is 0 Å². The summed E-state index contributed by atoms with van der Waals surface area (Å²) in [5, 5.41) is 3.28. The molecule has 2 nitrogen and oxygen atoms in total. The fraction of sp³-hybridized carbons (Fsp3) is 0.300. The predicted molar refractivity (Wildman–Crippen MR) is 61.1 cm³/mol. The highest BCUT2D eigenvalue weighted by molar-refractivity contribution is 7.80. The van der Waals surface area contributed by atoms with Crippen LogP contribution in [0.1, 0.15) is 18.9 Å². The van der Waals surface area contributed by atoms with E-state index in [0.717, 1.165) is 24.2 Å². The summed E-state index contributed by atoms with van der Waals surface area (Å²) in [5.41, 5.74) is 7.50. The average molecular weight is 194 g/mol. The second-order valence-electron chi connectivity index (χ2n) is 2.87. The number of nitrogens with one attached hydrogen (secondary N) is 1. The van der Waals surface area contributed by atoms with E-state index in [1.54, 1.807) is 0 Å². The summed E-state index contributed by atoms with van der Waals surface area (Å²) in [4.78, 5) is 0.446. The van der Waals surface area contributed by atoms with Gasteiger partial charge in [-0.3, -0.25) is 0 Å². The lowest BCUT2D eigenvalue weighted by molar-refractivity contribution is 0.980. The maximum atomic E-state index is 5.47. The summed E-state index contributed by atoms with van der Waals surface area (Å²) in [6, 6.07) is 7.84. The lowest BCUT2D eigenvalue weighted by Crippen LogP contribution is -2.09. The topological polar surface area (TPSA) is 38.0 Å². The van der Waals surface area contributed by atoms with E-state index in [1.807, 2.05) is 24.3 Å². The minimum atomic E-state index is 0.446. The van der Waals surface area contributed by atoms with Gasteiger partial charge in [0.1, 0.15) is 4.99 Å². The Hall–Kier alpha value is -1.09. The zero-order valence-electron chi connectivity index (χ0n) is 7.71. The van der Waals surface area contributed by atoms with E-state index in [9.17, 15) is 0 Å². The summed E-state index contributed by atoms with van der Waals surface area (Å²) >= 11 is 4.85. The zero-order chi connectivity index (χ0) is 9.68. The Labute approximate surface area is 84.1 Å². The van der Waals surface area contributed by atoms with Crippen molar-refractivity contribution in [2.45, 2.75) is 13.3 Å². The van der Waals surface area contributed by atoms with E-state index in [4.69, 9.17) is 18.0 Å². The van der Waals surface area contributed by atoms with Crippen molar-refractivity contribution in [1.29, 1.82) is 0 Å². The van der Waals surface area contributed by atoms with Crippen LogP contribution in [0.3, 0.4) is 0 Å². The first kappa shape index (κ1) is 9.99. The number of hydrogen-bond donors (Lipinski definition) is 2. The molecule has 0 bridgehead atoms. The normalized spacial score (nSPS) is 9.62. The molecule has 0 spiro atoms. The van der Waals surface area contributed by atoms with Crippen molar-refractivity contribution in [1.82, 2.24) is 0 Å². The molecule has 3 heteroatoms. The highest BCUT2D eigenvalue weighted by Gasteiger charge is 1.95. The van der Waals surface area contributed by atoms with Gasteiger partial charge < -0.3 is 11.1 Å². The van der Waals surface area contributed by atoms with Crippen LogP contribution in [0.25, 0.3) is 0 Å². The number of benzene rings is 1. The molecule has 13 heavy (non-hydrogen) atoms. The lowest BCUT2D eigenvalue weighted by Gasteiger charge is -2.04. The third kappa shape index (κ3) is 3.03. The molecule has 0 aliphatic carbocycles. The average Bonchev–Trinajstić information content (AvgIpc) is 2.15. The third-order valence-electron chi connectivity index (χ3n) is 1.75. The maximum Gasteiger partial charge on any atom is 0.103 e. The van der Waals surface area contributed by atoms with Crippen molar-refractivity contribution in [2.24, 2.45) is 5.73 Å². The third-order valence-corrected chi connectivity index (χ3v) is 1.98. The highest BCUT2D eigenvalue weighted by atomic mass is 32.1. The lowest BCUT2D eigenvalue weighted by atomic mass is 10.2. The van der Waals surface area contributed by atoms with Crippen LogP contribution in [0.5, 0.6) is 0 Å². The van der Waals surface area contributed by atoms with Gasteiger partial charge in [0.2, 0.25) is 0 Å². The van der Waals surface area contributed by atoms with Gasteiger partial charge in [-0.1, -0.05) is 19.1 Å². The summed E-state index contributed by atoms with van der Waals surface area (Å²) in [7, 11) is 0. The molecule has 1 rings (SSSR count). The molecular weight excluding hydrogens is 180 g/mol. The van der Waals surface area contributed by atoms with Crippen molar-refractivity contribution in [3.8, 4) is 0 Å². The van der Waals surface area contributed by atoms with Gasteiger partial charge in [0.05, 0.1) is 0 Å². The predicted octanol–water partition coefficient (Wildman–Crippen LogP) is 2.14. The number of hydrogen-bond acceptors (Lipinski definition) is 2. The molecule has 1 aromatic rings. The highest BCUT2D eigenvalue weighted by Crippen LogP contribution is 2.09. The summed E-state index contributed by atoms with van der Waals surface area (Å²) < 4.78 is 0. The summed E-state index contributed by atoms with van der Waals surface area (Å²) in [6.45, 7) is 3.13. The monoisotopic (exact) mass is 194 g/mol. The van der Waals surface area contributed by atoms with Crippen molar-refractivity contribution in [3.63, 3.8) is 0 Å². The molecule has 0 fully saturated rings. The standard InChI is InChI=1S/C10H14N2S/c1-2-7-12-9-5-3-8(4-6-9)10(11)13/h3-6,12H,2,7H2,1H3,(H2,11,13). The second kappa shape index (κ2) is 4.82. The number of nitrogens with two attached hydrogens (primary N) is 1. The Bertz CT molecular complexity index is 279. The maximum absolute atomic E-state index is 5.47. The van der Waals surface area contributed by atoms with Crippen LogP contribution >= 0.6 is 12.2 Å². The smallest absolute Gasteiger partial charge is 0.103 e. The van der Waals surface area contributed by atoms with Gasteiger partial charge in [0, 0.05) is 17.8 Å². The molecule has 0 aliphatic heterocycles. The Morgan fingerprint density at radius 2 is 2.00 bits per heavy atom. The van der Waals surface area contributed by atoms with E-state index in [2.05, 4.69) is 12.2 Å². The Balaban J connectivity index is 2.64. The molecule has 0 atom stereocenters. The summed E-state index contributed by atoms with van der Waals surface area (Å²) in [6.07, 6.45) is 1.12. The van der Waals surface area contributed by atoms with Crippen LogP contribution in [0.2, 0.25) is 0 Å². The largest absolute Gasteiger partial charge is 0.389 e. The van der Waals surface area contributed by atoms with E-state index in [1.165, 1.54) is 0 Å². The van der Waals surface area contributed by atoms with E-state index >= 15 is 0 Å². The summed E-state index contributed by atoms with van der Waals surface area (Å²) in [5.74, 6) is 0. The van der Waals surface area contributed by atoms with Gasteiger partial charge in [-0.05, 0) is 30.7 Å². The Morgan fingerprint density at radius 3 is 2.46 bits per heavy atom. The molecular formula is C10H14N2S. The molecule has 0 aromatic heterocycles. The van der Waals surface area contributed by atoms with E-state index in [-0.39, 0.29) is 0 Å². The second-order valence-corrected chi connectivity index (χ2v) is 3.31. The first-order chi connectivity index (χ1) is 6.24. The van der Waals surface area contributed by atoms with Crippen LogP contribution in [-0.4, -0.2) is 11.5 Å². The van der Waals surface area contributed by atoms with Gasteiger partial charge in [0.25, 0.3) is 0 Å². The molecule has 3 N–H and O–H groups in total. The number of thiocarbonyl (C=S) groups is 1. The van der Waals surface area contributed by atoms with Crippen LogP contribution in [0.4, 0.5) is 5.69 Å². The zero-order valence-corrected chi connectivity index (χ0v) is 8.53. The molecule has 1 aromatic carbocycles. The minimum Gasteiger partial charge on any atom is -0.389 e. The molecule has 0 unspecified atom stereocenters. The van der Waals surface area contributed by atoms with Crippen LogP contribution in [0.15, 0.2) is 24.3 Å². The van der Waals surface area contributed by atoms with Gasteiger partial charge in [0.15, 0.2) is 0 Å². The quantitative estimate of drug-likeness (QED) is 0.721. The molecule has 0 radical (unpaired) electrons. The van der Waals surface area contributed by atoms with Crippen molar-refractivity contribution < 1.29 is 0 Å². The van der Waals surface area contributed by atoms with Gasteiger partial charge in [-0.25, -0.2) is 0 Å².